The van der Waals surface area contributed by atoms with Crippen LogP contribution < -0.4 is 4.74 Å². The van der Waals surface area contributed by atoms with Crippen LogP contribution in [0.25, 0.3) is 0 Å². The van der Waals surface area contributed by atoms with Gasteiger partial charge in [-0.3, -0.25) is 0 Å². The number of hydrogen-bond donors (Lipinski definition) is 1. The highest BCUT2D eigenvalue weighted by Gasteiger charge is 1.93. The van der Waals surface area contributed by atoms with Crippen LogP contribution >= 0.6 is 0 Å². The molecule has 0 radical (unpaired) electrons. The minimum absolute atomic E-state index is 0.109. The highest BCUT2D eigenvalue weighted by Crippen LogP contribution is 2.11. The Hall–Kier alpha value is -1.55. The van der Waals surface area contributed by atoms with Gasteiger partial charge >= 0.3 is 0 Å². The van der Waals surface area contributed by atoms with Gasteiger partial charge in [-0.15, -0.1) is 0 Å². The monoisotopic (exact) mass is 195 g/mol. The molecule has 0 unspecified atom stereocenters. The number of aliphatic hydroxyl groups excluding tert-OH is 1. The van der Waals surface area contributed by atoms with Gasteiger partial charge in [-0.25, -0.2) is 0 Å². The molecule has 0 atom stereocenters. The average Bonchev–Trinajstić information content (AvgIpc) is 2.25. The molecule has 0 spiro atoms. The summed E-state index contributed by atoms with van der Waals surface area (Å²) in [6, 6.07) is 7.50. The number of aliphatic hydroxyl groups is 1. The Balaban J connectivity index is 2.40. The van der Waals surface area contributed by atoms with Crippen LogP contribution in [-0.2, 0) is 11.4 Å². The van der Waals surface area contributed by atoms with Crippen molar-refractivity contribution in [1.29, 1.82) is 0 Å². The van der Waals surface area contributed by atoms with Gasteiger partial charge in [-0.2, -0.15) is 0 Å². The Morgan fingerprint density at radius 3 is 2.64 bits per heavy atom. The van der Waals surface area contributed by atoms with E-state index >= 15 is 0 Å². The van der Waals surface area contributed by atoms with Gasteiger partial charge in [0.05, 0.1) is 19.9 Å². The molecule has 0 bridgehead atoms. The summed E-state index contributed by atoms with van der Waals surface area (Å²) in [7, 11) is 1.62. The number of rotatable bonds is 5. The lowest BCUT2D eigenvalue weighted by Crippen LogP contribution is -1.89. The fraction of sp³-hybridized carbons (Fsp3) is 0.300. The van der Waals surface area contributed by atoms with Gasteiger partial charge in [-0.1, -0.05) is 17.3 Å². The topological polar surface area (TPSA) is 51.0 Å². The fourth-order valence-electron chi connectivity index (χ4n) is 0.920. The third kappa shape index (κ3) is 3.45. The van der Waals surface area contributed by atoms with Crippen molar-refractivity contribution in [3.63, 3.8) is 0 Å². The predicted molar refractivity (Wildman–Crippen MR) is 53.4 cm³/mol. The van der Waals surface area contributed by atoms with Crippen molar-refractivity contribution in [2.45, 2.75) is 6.61 Å². The van der Waals surface area contributed by atoms with E-state index in [1.54, 1.807) is 7.11 Å². The molecule has 1 aromatic carbocycles. The summed E-state index contributed by atoms with van der Waals surface area (Å²) < 4.78 is 5.01. The zero-order valence-corrected chi connectivity index (χ0v) is 8.01. The van der Waals surface area contributed by atoms with E-state index in [-0.39, 0.29) is 6.61 Å². The molecule has 4 nitrogen and oxygen atoms in total. The first-order valence-corrected chi connectivity index (χ1v) is 4.24. The molecule has 0 aliphatic carbocycles. The van der Waals surface area contributed by atoms with Crippen LogP contribution in [-0.4, -0.2) is 25.0 Å². The molecule has 0 aliphatic heterocycles. The average molecular weight is 195 g/mol. The zero-order chi connectivity index (χ0) is 10.2. The van der Waals surface area contributed by atoms with Gasteiger partial charge in [-0.05, 0) is 17.7 Å². The summed E-state index contributed by atoms with van der Waals surface area (Å²) >= 11 is 0. The van der Waals surface area contributed by atoms with Gasteiger partial charge in [0.2, 0.25) is 0 Å². The Kier molecular flexibility index (Phi) is 4.50. The van der Waals surface area contributed by atoms with Crippen LogP contribution in [0.4, 0.5) is 0 Å². The highest BCUT2D eigenvalue weighted by molar-refractivity contribution is 5.57. The molecule has 76 valence electrons. The number of benzene rings is 1. The van der Waals surface area contributed by atoms with E-state index in [2.05, 4.69) is 5.16 Å². The molecular formula is C10H13NO3. The molecule has 0 aliphatic rings. The Labute approximate surface area is 82.8 Å². The number of nitrogens with zero attached hydrogens (tertiary/aromatic N) is 1. The van der Waals surface area contributed by atoms with E-state index in [1.165, 1.54) is 6.21 Å². The lowest BCUT2D eigenvalue weighted by molar-refractivity contribution is 0.130. The largest absolute Gasteiger partial charge is 0.497 e. The van der Waals surface area contributed by atoms with Gasteiger partial charge in [0.1, 0.15) is 12.4 Å². The third-order valence-corrected chi connectivity index (χ3v) is 1.62. The van der Waals surface area contributed by atoms with E-state index in [0.717, 1.165) is 11.3 Å². The maximum absolute atomic E-state index is 8.39. The molecule has 0 heterocycles. The first-order chi connectivity index (χ1) is 6.86. The number of oxime groups is 1. The summed E-state index contributed by atoms with van der Waals surface area (Å²) in [5.41, 5.74) is 1.00. The Morgan fingerprint density at radius 2 is 2.07 bits per heavy atom. The van der Waals surface area contributed by atoms with Gasteiger partial charge in [0.15, 0.2) is 0 Å². The first-order valence-electron chi connectivity index (χ1n) is 4.24. The summed E-state index contributed by atoms with van der Waals surface area (Å²) in [5.74, 6) is 0.813. The molecular weight excluding hydrogens is 182 g/mol. The van der Waals surface area contributed by atoms with Crippen molar-refractivity contribution in [1.82, 2.24) is 0 Å². The van der Waals surface area contributed by atoms with E-state index in [9.17, 15) is 0 Å². The zero-order valence-electron chi connectivity index (χ0n) is 8.01. The van der Waals surface area contributed by atoms with Gasteiger partial charge in [0, 0.05) is 0 Å². The van der Waals surface area contributed by atoms with Crippen LogP contribution in [0.15, 0.2) is 29.4 Å². The predicted octanol–water partition coefficient (Wildman–Crippen LogP) is 1.19. The molecule has 0 amide bonds. The number of ether oxygens (including phenoxy) is 1. The SMILES string of the molecule is COc1ccc(CO/N=C/CO)cc1. The second kappa shape index (κ2) is 5.99. The highest BCUT2D eigenvalue weighted by atomic mass is 16.6. The van der Waals surface area contributed by atoms with E-state index in [1.807, 2.05) is 24.3 Å². The van der Waals surface area contributed by atoms with Gasteiger partial charge < -0.3 is 14.7 Å². The maximum atomic E-state index is 8.39. The number of hydrogen-bond acceptors (Lipinski definition) is 4. The lowest BCUT2D eigenvalue weighted by Gasteiger charge is -2.01. The quantitative estimate of drug-likeness (QED) is 0.567. The molecule has 14 heavy (non-hydrogen) atoms. The van der Waals surface area contributed by atoms with Crippen LogP contribution in [0, 0.1) is 0 Å². The molecule has 4 heteroatoms. The minimum atomic E-state index is -0.109. The summed E-state index contributed by atoms with van der Waals surface area (Å²) in [4.78, 5) is 4.90. The minimum Gasteiger partial charge on any atom is -0.497 e. The van der Waals surface area contributed by atoms with Crippen LogP contribution in [0.1, 0.15) is 5.56 Å². The van der Waals surface area contributed by atoms with E-state index in [4.69, 9.17) is 14.7 Å². The van der Waals surface area contributed by atoms with Crippen LogP contribution in [0.5, 0.6) is 5.75 Å². The smallest absolute Gasteiger partial charge is 0.142 e. The van der Waals surface area contributed by atoms with Crippen molar-refractivity contribution in [2.24, 2.45) is 5.16 Å². The normalized spacial score (nSPS) is 10.4. The van der Waals surface area contributed by atoms with Gasteiger partial charge in [0.25, 0.3) is 0 Å². The van der Waals surface area contributed by atoms with E-state index in [0.29, 0.717) is 6.61 Å². The summed E-state index contributed by atoms with van der Waals surface area (Å²) in [6.07, 6.45) is 1.30. The Bertz CT molecular complexity index is 282. The summed E-state index contributed by atoms with van der Waals surface area (Å²) in [6.45, 7) is 0.281. The van der Waals surface area contributed by atoms with Crippen LogP contribution in [0.2, 0.25) is 0 Å². The molecule has 0 fully saturated rings. The fourth-order valence-corrected chi connectivity index (χ4v) is 0.920. The Morgan fingerprint density at radius 1 is 1.36 bits per heavy atom. The molecule has 1 N–H and O–H groups in total. The first kappa shape index (κ1) is 10.5. The third-order valence-electron chi connectivity index (χ3n) is 1.62. The molecule has 1 rings (SSSR count). The number of methoxy groups -OCH3 is 1. The van der Waals surface area contributed by atoms with Crippen molar-refractivity contribution in [2.75, 3.05) is 13.7 Å². The van der Waals surface area contributed by atoms with Crippen molar-refractivity contribution < 1.29 is 14.7 Å². The molecule has 0 saturated heterocycles. The molecule has 0 saturated carbocycles. The lowest BCUT2D eigenvalue weighted by atomic mass is 10.2. The summed E-state index contributed by atoms with van der Waals surface area (Å²) in [5, 5.41) is 11.9. The van der Waals surface area contributed by atoms with Crippen molar-refractivity contribution in [3.05, 3.63) is 29.8 Å². The van der Waals surface area contributed by atoms with Crippen molar-refractivity contribution >= 4 is 6.21 Å². The maximum Gasteiger partial charge on any atom is 0.142 e. The second-order valence-corrected chi connectivity index (χ2v) is 2.59. The molecule has 0 aromatic heterocycles. The standard InChI is InChI=1S/C10H13NO3/c1-13-10-4-2-9(3-5-10)8-14-11-6-7-12/h2-6,12H,7-8H2,1H3/b11-6+. The second-order valence-electron chi connectivity index (χ2n) is 2.59. The van der Waals surface area contributed by atoms with E-state index < -0.39 is 0 Å². The van der Waals surface area contributed by atoms with Crippen LogP contribution in [0.3, 0.4) is 0 Å². The van der Waals surface area contributed by atoms with Crippen molar-refractivity contribution in [3.8, 4) is 5.75 Å². The molecule has 1 aromatic rings.